The summed E-state index contributed by atoms with van der Waals surface area (Å²) in [6.45, 7) is 2.28. The van der Waals surface area contributed by atoms with Crippen LogP contribution in [0.15, 0.2) is 83.9 Å². The predicted molar refractivity (Wildman–Crippen MR) is 138 cm³/mol. The van der Waals surface area contributed by atoms with E-state index in [2.05, 4.69) is 10.3 Å². The maximum atomic E-state index is 13.8. The molecule has 4 rings (SSSR count). The molecular formula is C27H24FN3O4S. The first-order valence-corrected chi connectivity index (χ1v) is 12.2. The van der Waals surface area contributed by atoms with E-state index in [4.69, 9.17) is 4.74 Å². The number of esters is 1. The van der Waals surface area contributed by atoms with Crippen molar-refractivity contribution in [1.29, 1.82) is 0 Å². The number of nitrogens with zero attached hydrogens (tertiary/aromatic N) is 2. The molecular weight excluding hydrogens is 481 g/mol. The largest absolute Gasteiger partial charge is 0.462 e. The van der Waals surface area contributed by atoms with Crippen LogP contribution < -0.4 is 5.32 Å². The van der Waals surface area contributed by atoms with Gasteiger partial charge in [0.1, 0.15) is 11.1 Å². The van der Waals surface area contributed by atoms with E-state index in [9.17, 15) is 18.8 Å². The van der Waals surface area contributed by atoms with E-state index in [0.717, 1.165) is 17.3 Å². The smallest absolute Gasteiger partial charge is 0.338 e. The predicted octanol–water partition coefficient (Wildman–Crippen LogP) is 5.16. The lowest BCUT2D eigenvalue weighted by molar-refractivity contribution is -0.129. The highest BCUT2D eigenvalue weighted by molar-refractivity contribution is 8.15. The molecule has 36 heavy (non-hydrogen) atoms. The lowest BCUT2D eigenvalue weighted by Crippen LogP contribution is -2.44. The zero-order valence-corrected chi connectivity index (χ0v) is 20.3. The van der Waals surface area contributed by atoms with Crippen LogP contribution in [0.1, 0.15) is 29.3 Å². The van der Waals surface area contributed by atoms with Crippen LogP contribution in [0.4, 0.5) is 15.8 Å². The molecule has 1 saturated heterocycles. The van der Waals surface area contributed by atoms with Crippen molar-refractivity contribution in [2.24, 2.45) is 4.99 Å². The van der Waals surface area contributed by atoms with Crippen molar-refractivity contribution >= 4 is 46.1 Å². The third kappa shape index (κ3) is 6.37. The number of amidine groups is 1. The quantitative estimate of drug-likeness (QED) is 0.448. The third-order valence-corrected chi connectivity index (χ3v) is 6.50. The fraction of sp³-hybridized carbons (Fsp3) is 0.185. The summed E-state index contributed by atoms with van der Waals surface area (Å²) in [5.74, 6) is -1.52. The number of hydrogen-bond donors (Lipinski definition) is 1. The number of ether oxygens (including phenoxy) is 1. The zero-order valence-electron chi connectivity index (χ0n) is 19.5. The van der Waals surface area contributed by atoms with Gasteiger partial charge in [0, 0.05) is 12.1 Å². The Morgan fingerprint density at radius 3 is 2.53 bits per heavy atom. The molecule has 1 atom stereocenters. The Morgan fingerprint density at radius 1 is 1.08 bits per heavy atom. The lowest BCUT2D eigenvalue weighted by Gasteiger charge is -2.32. The van der Waals surface area contributed by atoms with E-state index in [0.29, 0.717) is 22.1 Å². The Morgan fingerprint density at radius 2 is 1.83 bits per heavy atom. The van der Waals surface area contributed by atoms with Crippen LogP contribution in [-0.4, -0.2) is 39.7 Å². The van der Waals surface area contributed by atoms with E-state index in [-0.39, 0.29) is 31.4 Å². The van der Waals surface area contributed by atoms with Gasteiger partial charge in [-0.1, -0.05) is 48.2 Å². The summed E-state index contributed by atoms with van der Waals surface area (Å²) in [6.07, 6.45) is -0.0214. The number of aliphatic imine (C=N–C) groups is 1. The monoisotopic (exact) mass is 505 g/mol. The van der Waals surface area contributed by atoms with Gasteiger partial charge in [0.25, 0.3) is 0 Å². The van der Waals surface area contributed by atoms with Gasteiger partial charge in [0.15, 0.2) is 5.17 Å². The molecule has 1 heterocycles. The van der Waals surface area contributed by atoms with Crippen molar-refractivity contribution in [2.45, 2.75) is 25.1 Å². The highest BCUT2D eigenvalue weighted by atomic mass is 32.2. The van der Waals surface area contributed by atoms with Crippen LogP contribution in [0.5, 0.6) is 0 Å². The second-order valence-corrected chi connectivity index (χ2v) is 9.11. The number of rotatable bonds is 7. The fourth-order valence-electron chi connectivity index (χ4n) is 3.55. The minimum atomic E-state index is -0.735. The maximum Gasteiger partial charge on any atom is 0.338 e. The molecule has 7 nitrogen and oxygen atoms in total. The molecule has 184 valence electrons. The minimum Gasteiger partial charge on any atom is -0.462 e. The molecule has 0 bridgehead atoms. The van der Waals surface area contributed by atoms with Crippen LogP contribution in [0.2, 0.25) is 0 Å². The standard InChI is InChI=1S/C27H24FN3O4S/c1-2-35-26(34)19-11-13-21(14-12-19)29-25(33)23-16-24(32)31(17-18-7-4-3-5-8-18)27(36-23)30-22-10-6-9-20(28)15-22/h3-15,23H,2,16-17H2,1H3,(H,29,33)/t23-/m0/s1. The number of carbonyl (C=O) groups excluding carboxylic acids is 3. The van der Waals surface area contributed by atoms with E-state index in [1.54, 1.807) is 37.3 Å². The second-order valence-electron chi connectivity index (χ2n) is 7.94. The topological polar surface area (TPSA) is 88.1 Å². The summed E-state index contributed by atoms with van der Waals surface area (Å²) in [5, 5.41) is 2.37. The van der Waals surface area contributed by atoms with Gasteiger partial charge in [-0.15, -0.1) is 0 Å². The first-order valence-electron chi connectivity index (χ1n) is 11.4. The molecule has 1 aliphatic heterocycles. The molecule has 1 fully saturated rings. The molecule has 3 aromatic carbocycles. The average Bonchev–Trinajstić information content (AvgIpc) is 2.87. The van der Waals surface area contributed by atoms with E-state index in [1.165, 1.54) is 23.1 Å². The molecule has 0 radical (unpaired) electrons. The number of hydrogen-bond acceptors (Lipinski definition) is 6. The summed E-state index contributed by atoms with van der Waals surface area (Å²) in [7, 11) is 0. The van der Waals surface area contributed by atoms with Crippen LogP contribution in [0, 0.1) is 5.82 Å². The Kier molecular flexibility index (Phi) is 8.12. The first kappa shape index (κ1) is 25.1. The van der Waals surface area contributed by atoms with Gasteiger partial charge in [0.05, 0.1) is 24.4 Å². The van der Waals surface area contributed by atoms with Crippen molar-refractivity contribution in [3.8, 4) is 0 Å². The number of carbonyl (C=O) groups is 3. The van der Waals surface area contributed by atoms with E-state index < -0.39 is 17.0 Å². The van der Waals surface area contributed by atoms with E-state index >= 15 is 0 Å². The van der Waals surface area contributed by atoms with Gasteiger partial charge in [-0.2, -0.15) is 0 Å². The minimum absolute atomic E-state index is 0.0214. The fourth-order valence-corrected chi connectivity index (χ4v) is 4.64. The van der Waals surface area contributed by atoms with Gasteiger partial charge in [-0.3, -0.25) is 14.5 Å². The van der Waals surface area contributed by atoms with Crippen molar-refractivity contribution in [1.82, 2.24) is 4.90 Å². The lowest BCUT2D eigenvalue weighted by atomic mass is 10.2. The summed E-state index contributed by atoms with van der Waals surface area (Å²) in [6, 6.07) is 21.5. The van der Waals surface area contributed by atoms with Gasteiger partial charge >= 0.3 is 5.97 Å². The third-order valence-electron chi connectivity index (χ3n) is 5.31. The molecule has 0 aromatic heterocycles. The molecule has 0 spiro atoms. The normalized spacial score (nSPS) is 16.6. The Balaban J connectivity index is 1.53. The van der Waals surface area contributed by atoms with Crippen LogP contribution in [0.25, 0.3) is 0 Å². The first-order chi connectivity index (χ1) is 17.4. The summed E-state index contributed by atoms with van der Waals surface area (Å²) in [4.78, 5) is 44.0. The number of anilines is 1. The Bertz CT molecular complexity index is 1280. The summed E-state index contributed by atoms with van der Waals surface area (Å²) < 4.78 is 18.7. The van der Waals surface area contributed by atoms with Crippen molar-refractivity contribution < 1.29 is 23.5 Å². The van der Waals surface area contributed by atoms with Crippen molar-refractivity contribution in [3.63, 3.8) is 0 Å². The second kappa shape index (κ2) is 11.6. The van der Waals surface area contributed by atoms with Gasteiger partial charge in [-0.25, -0.2) is 14.2 Å². The van der Waals surface area contributed by atoms with Crippen LogP contribution in [-0.2, 0) is 20.9 Å². The highest BCUT2D eigenvalue weighted by Gasteiger charge is 2.36. The molecule has 2 amide bonds. The molecule has 0 unspecified atom stereocenters. The molecule has 3 aromatic rings. The maximum absolute atomic E-state index is 13.8. The summed E-state index contributed by atoms with van der Waals surface area (Å²) in [5.41, 5.74) is 2.11. The van der Waals surface area contributed by atoms with Crippen molar-refractivity contribution in [3.05, 3.63) is 95.8 Å². The Hall–Kier alpha value is -3.98. The number of benzene rings is 3. The number of halogens is 1. The highest BCUT2D eigenvalue weighted by Crippen LogP contribution is 2.31. The molecule has 1 aliphatic rings. The molecule has 1 N–H and O–H groups in total. The average molecular weight is 506 g/mol. The molecule has 0 saturated carbocycles. The number of amides is 2. The van der Waals surface area contributed by atoms with Crippen LogP contribution in [0.3, 0.4) is 0 Å². The molecule has 0 aliphatic carbocycles. The van der Waals surface area contributed by atoms with Gasteiger partial charge < -0.3 is 10.1 Å². The van der Waals surface area contributed by atoms with Gasteiger partial charge in [-0.05, 0) is 55.0 Å². The number of nitrogens with one attached hydrogen (secondary N) is 1. The van der Waals surface area contributed by atoms with Crippen molar-refractivity contribution in [2.75, 3.05) is 11.9 Å². The zero-order chi connectivity index (χ0) is 25.5. The summed E-state index contributed by atoms with van der Waals surface area (Å²) >= 11 is 1.15. The van der Waals surface area contributed by atoms with Crippen LogP contribution >= 0.6 is 11.8 Å². The van der Waals surface area contributed by atoms with Gasteiger partial charge in [0.2, 0.25) is 11.8 Å². The van der Waals surface area contributed by atoms with E-state index in [1.807, 2.05) is 30.3 Å². The SMILES string of the molecule is CCOC(=O)c1ccc(NC(=O)[C@@H]2CC(=O)N(Cc3ccccc3)C(=Nc3cccc(F)c3)S2)cc1. The molecule has 9 heteroatoms. The number of thioether (sulfide) groups is 1. The Labute approximate surface area is 212 Å².